The first-order chi connectivity index (χ1) is 9.53. The number of amides is 1. The van der Waals surface area contributed by atoms with Crippen LogP contribution in [0.25, 0.3) is 0 Å². The molecule has 0 aromatic carbocycles. The molecular formula is C12H18N4O3S. The van der Waals surface area contributed by atoms with E-state index in [1.807, 2.05) is 6.92 Å². The van der Waals surface area contributed by atoms with Gasteiger partial charge in [-0.1, -0.05) is 6.92 Å². The zero-order valence-electron chi connectivity index (χ0n) is 11.2. The number of hydrogen-bond acceptors (Lipinski definition) is 5. The maximum Gasteiger partial charge on any atom is 0.244 e. The molecule has 0 bridgehead atoms. The molecule has 110 valence electrons. The SMILES string of the molecule is CCCNc1ccncc1S(=O)(=O)NC1CNC(=O)C1. The molecule has 1 aliphatic heterocycles. The summed E-state index contributed by atoms with van der Waals surface area (Å²) in [6, 6.07) is 1.22. The van der Waals surface area contributed by atoms with Crippen LogP contribution >= 0.6 is 0 Å². The maximum atomic E-state index is 12.3. The third-order valence-corrected chi connectivity index (χ3v) is 4.49. The molecule has 1 unspecified atom stereocenters. The van der Waals surface area contributed by atoms with Crippen LogP contribution in [0.4, 0.5) is 5.69 Å². The Balaban J connectivity index is 2.18. The fraction of sp³-hybridized carbons (Fsp3) is 0.500. The van der Waals surface area contributed by atoms with Crippen molar-refractivity contribution in [3.8, 4) is 0 Å². The van der Waals surface area contributed by atoms with Crippen LogP contribution in [0.3, 0.4) is 0 Å². The van der Waals surface area contributed by atoms with E-state index >= 15 is 0 Å². The molecule has 1 aromatic rings. The zero-order chi connectivity index (χ0) is 14.6. The highest BCUT2D eigenvalue weighted by Gasteiger charge is 2.28. The van der Waals surface area contributed by atoms with Crippen molar-refractivity contribution in [1.82, 2.24) is 15.0 Å². The van der Waals surface area contributed by atoms with Gasteiger partial charge < -0.3 is 10.6 Å². The van der Waals surface area contributed by atoms with E-state index in [-0.39, 0.29) is 17.2 Å². The number of pyridine rings is 1. The molecule has 8 heteroatoms. The van der Waals surface area contributed by atoms with Crippen LogP contribution < -0.4 is 15.4 Å². The molecule has 2 heterocycles. The number of carbonyl (C=O) groups is 1. The molecule has 3 N–H and O–H groups in total. The molecule has 1 saturated heterocycles. The number of aromatic nitrogens is 1. The average Bonchev–Trinajstić information content (AvgIpc) is 2.81. The van der Waals surface area contributed by atoms with Gasteiger partial charge in [-0.05, 0) is 12.5 Å². The van der Waals surface area contributed by atoms with Crippen molar-refractivity contribution in [2.75, 3.05) is 18.4 Å². The van der Waals surface area contributed by atoms with Gasteiger partial charge in [0.15, 0.2) is 0 Å². The maximum absolute atomic E-state index is 12.3. The summed E-state index contributed by atoms with van der Waals surface area (Å²) in [4.78, 5) is 15.1. The summed E-state index contributed by atoms with van der Waals surface area (Å²) in [6.45, 7) is 2.99. The van der Waals surface area contributed by atoms with Crippen molar-refractivity contribution in [1.29, 1.82) is 0 Å². The normalized spacial score (nSPS) is 18.9. The van der Waals surface area contributed by atoms with E-state index in [0.717, 1.165) is 6.42 Å². The van der Waals surface area contributed by atoms with Crippen molar-refractivity contribution >= 4 is 21.6 Å². The van der Waals surface area contributed by atoms with E-state index in [9.17, 15) is 13.2 Å². The average molecular weight is 298 g/mol. The summed E-state index contributed by atoms with van der Waals surface area (Å²) in [5.41, 5.74) is 0.520. The molecule has 0 aliphatic carbocycles. The van der Waals surface area contributed by atoms with Crippen molar-refractivity contribution < 1.29 is 13.2 Å². The molecule has 0 radical (unpaired) electrons. The second-order valence-electron chi connectivity index (χ2n) is 4.63. The first-order valence-corrected chi connectivity index (χ1v) is 7.98. The van der Waals surface area contributed by atoms with Gasteiger partial charge in [0.05, 0.1) is 5.69 Å². The smallest absolute Gasteiger partial charge is 0.244 e. The molecule has 7 nitrogen and oxygen atoms in total. The van der Waals surface area contributed by atoms with Crippen LogP contribution in [-0.4, -0.2) is 38.4 Å². The van der Waals surface area contributed by atoms with Gasteiger partial charge >= 0.3 is 0 Å². The Morgan fingerprint density at radius 1 is 1.50 bits per heavy atom. The first kappa shape index (κ1) is 14.7. The van der Waals surface area contributed by atoms with Gasteiger partial charge in [0, 0.05) is 37.9 Å². The third kappa shape index (κ3) is 3.45. The predicted octanol–water partition coefficient (Wildman–Crippen LogP) is 0.0703. The molecular weight excluding hydrogens is 280 g/mol. The molecule has 2 rings (SSSR count). The van der Waals surface area contributed by atoms with E-state index < -0.39 is 16.1 Å². The minimum absolute atomic E-state index is 0.104. The summed E-state index contributed by atoms with van der Waals surface area (Å²) < 4.78 is 27.2. The molecule has 1 atom stereocenters. The number of nitrogens with zero attached hydrogens (tertiary/aromatic N) is 1. The minimum atomic E-state index is -3.70. The standard InChI is InChI=1S/C12H18N4O3S/c1-2-4-14-10-3-5-13-8-11(10)20(18,19)16-9-6-12(17)15-7-9/h3,5,8-9,16H,2,4,6-7H2,1H3,(H,13,14)(H,15,17). The Morgan fingerprint density at radius 3 is 2.95 bits per heavy atom. The van der Waals surface area contributed by atoms with E-state index in [0.29, 0.717) is 18.8 Å². The van der Waals surface area contributed by atoms with E-state index in [2.05, 4.69) is 20.3 Å². The molecule has 0 saturated carbocycles. The number of anilines is 1. The molecule has 20 heavy (non-hydrogen) atoms. The van der Waals surface area contributed by atoms with E-state index in [1.54, 1.807) is 6.07 Å². The summed E-state index contributed by atoms with van der Waals surface area (Å²) in [6.07, 6.45) is 3.90. The Kier molecular flexibility index (Phi) is 4.56. The van der Waals surface area contributed by atoms with Gasteiger partial charge in [0.1, 0.15) is 4.90 Å². The summed E-state index contributed by atoms with van der Waals surface area (Å²) in [5.74, 6) is -0.145. The number of sulfonamides is 1. The Labute approximate surface area is 118 Å². The lowest BCUT2D eigenvalue weighted by molar-refractivity contribution is -0.119. The second-order valence-corrected chi connectivity index (χ2v) is 6.31. The van der Waals surface area contributed by atoms with Gasteiger partial charge in [-0.25, -0.2) is 13.1 Å². The van der Waals surface area contributed by atoms with Gasteiger partial charge in [-0.3, -0.25) is 9.78 Å². The lowest BCUT2D eigenvalue weighted by Gasteiger charge is -2.14. The van der Waals surface area contributed by atoms with Crippen molar-refractivity contribution in [3.05, 3.63) is 18.5 Å². The highest BCUT2D eigenvalue weighted by atomic mass is 32.2. The second kappa shape index (κ2) is 6.19. The predicted molar refractivity (Wildman–Crippen MR) is 74.8 cm³/mol. The molecule has 0 spiro atoms. The van der Waals surface area contributed by atoms with Crippen LogP contribution in [0.5, 0.6) is 0 Å². The van der Waals surface area contributed by atoms with E-state index in [4.69, 9.17) is 0 Å². The lowest BCUT2D eigenvalue weighted by Crippen LogP contribution is -2.36. The third-order valence-electron chi connectivity index (χ3n) is 2.94. The van der Waals surface area contributed by atoms with Gasteiger partial charge in [0.25, 0.3) is 0 Å². The van der Waals surface area contributed by atoms with Crippen molar-refractivity contribution in [2.24, 2.45) is 0 Å². The number of hydrogen-bond donors (Lipinski definition) is 3. The molecule has 1 fully saturated rings. The summed E-state index contributed by atoms with van der Waals surface area (Å²) in [7, 11) is -3.70. The largest absolute Gasteiger partial charge is 0.384 e. The topological polar surface area (TPSA) is 100 Å². The number of nitrogens with one attached hydrogen (secondary N) is 3. The highest BCUT2D eigenvalue weighted by molar-refractivity contribution is 7.89. The first-order valence-electron chi connectivity index (χ1n) is 6.50. The minimum Gasteiger partial charge on any atom is -0.384 e. The Hall–Kier alpha value is -1.67. The van der Waals surface area contributed by atoms with Gasteiger partial charge in [0.2, 0.25) is 15.9 Å². The number of carbonyl (C=O) groups excluding carboxylic acids is 1. The fourth-order valence-electron chi connectivity index (χ4n) is 1.97. The Morgan fingerprint density at radius 2 is 2.30 bits per heavy atom. The van der Waals surface area contributed by atoms with Crippen LogP contribution in [-0.2, 0) is 14.8 Å². The highest BCUT2D eigenvalue weighted by Crippen LogP contribution is 2.20. The molecule has 1 aliphatic rings. The van der Waals surface area contributed by atoms with Crippen LogP contribution in [0.2, 0.25) is 0 Å². The monoisotopic (exact) mass is 298 g/mol. The van der Waals surface area contributed by atoms with Gasteiger partial charge in [-0.2, -0.15) is 0 Å². The zero-order valence-corrected chi connectivity index (χ0v) is 12.0. The molecule has 1 amide bonds. The summed E-state index contributed by atoms with van der Waals surface area (Å²) >= 11 is 0. The van der Waals surface area contributed by atoms with Crippen LogP contribution in [0, 0.1) is 0 Å². The van der Waals surface area contributed by atoms with E-state index in [1.165, 1.54) is 12.4 Å². The van der Waals surface area contributed by atoms with Crippen LogP contribution in [0.15, 0.2) is 23.4 Å². The molecule has 1 aromatic heterocycles. The van der Waals surface area contributed by atoms with Gasteiger partial charge in [-0.15, -0.1) is 0 Å². The number of rotatable bonds is 6. The lowest BCUT2D eigenvalue weighted by atomic mass is 10.3. The Bertz CT molecular complexity index is 588. The van der Waals surface area contributed by atoms with Crippen LogP contribution in [0.1, 0.15) is 19.8 Å². The quantitative estimate of drug-likeness (QED) is 0.690. The fourth-order valence-corrected chi connectivity index (χ4v) is 3.33. The van der Waals surface area contributed by atoms with Crippen molar-refractivity contribution in [2.45, 2.75) is 30.7 Å². The van der Waals surface area contributed by atoms with Crippen molar-refractivity contribution in [3.63, 3.8) is 0 Å². The summed E-state index contributed by atoms with van der Waals surface area (Å²) in [5, 5.41) is 5.66.